The molecule has 0 aliphatic carbocycles. The van der Waals surface area contributed by atoms with Crippen molar-refractivity contribution in [3.8, 4) is 0 Å². The molecule has 1 aromatic carbocycles. The van der Waals surface area contributed by atoms with Gasteiger partial charge in [0.05, 0.1) is 0 Å². The van der Waals surface area contributed by atoms with Gasteiger partial charge in [0.15, 0.2) is 5.82 Å². The number of aryl methyl sites for hydroxylation is 1. The van der Waals surface area contributed by atoms with Crippen LogP contribution in [0.25, 0.3) is 0 Å². The summed E-state index contributed by atoms with van der Waals surface area (Å²) in [5.74, 6) is 0.968. The zero-order valence-electron chi connectivity index (χ0n) is 13.5. The standard InChI is InChI=1S/C17H16ClN5O2/c1-11-10-15(23-25-11)22-16(24)14-7-9-20-17(21-14)19-8-6-12-2-4-13(18)5-3-12/h2-5,7,9-10H,6,8H2,1H3,(H,19,20,21)(H,22,23,24). The Balaban J connectivity index is 1.57. The maximum atomic E-state index is 12.2. The highest BCUT2D eigenvalue weighted by Gasteiger charge is 2.11. The van der Waals surface area contributed by atoms with Gasteiger partial charge in [0.2, 0.25) is 5.95 Å². The summed E-state index contributed by atoms with van der Waals surface area (Å²) in [5.41, 5.74) is 1.39. The van der Waals surface area contributed by atoms with Crippen LogP contribution in [0.3, 0.4) is 0 Å². The molecule has 0 bridgehead atoms. The highest BCUT2D eigenvalue weighted by Crippen LogP contribution is 2.11. The summed E-state index contributed by atoms with van der Waals surface area (Å²) in [6, 6.07) is 10.8. The van der Waals surface area contributed by atoms with E-state index in [-0.39, 0.29) is 11.6 Å². The number of aromatic nitrogens is 3. The van der Waals surface area contributed by atoms with Crippen molar-refractivity contribution in [2.45, 2.75) is 13.3 Å². The Kier molecular flexibility index (Phi) is 5.25. The molecule has 0 spiro atoms. The van der Waals surface area contributed by atoms with Gasteiger partial charge in [0.25, 0.3) is 5.91 Å². The molecule has 0 aliphatic heterocycles. The van der Waals surface area contributed by atoms with Crippen LogP contribution in [0.2, 0.25) is 5.02 Å². The van der Waals surface area contributed by atoms with E-state index in [4.69, 9.17) is 16.1 Å². The van der Waals surface area contributed by atoms with Gasteiger partial charge in [0, 0.05) is 23.8 Å². The fourth-order valence-electron chi connectivity index (χ4n) is 2.15. The molecule has 2 heterocycles. The smallest absolute Gasteiger partial charge is 0.275 e. The minimum absolute atomic E-state index is 0.240. The number of anilines is 2. The van der Waals surface area contributed by atoms with Gasteiger partial charge >= 0.3 is 0 Å². The van der Waals surface area contributed by atoms with Crippen molar-refractivity contribution < 1.29 is 9.32 Å². The third-order valence-electron chi connectivity index (χ3n) is 3.37. The molecule has 3 aromatic rings. The molecule has 0 fully saturated rings. The topological polar surface area (TPSA) is 92.9 Å². The monoisotopic (exact) mass is 357 g/mol. The van der Waals surface area contributed by atoms with Crippen LogP contribution in [0, 0.1) is 6.92 Å². The zero-order valence-corrected chi connectivity index (χ0v) is 14.2. The highest BCUT2D eigenvalue weighted by molar-refractivity contribution is 6.30. The lowest BCUT2D eigenvalue weighted by Gasteiger charge is -2.06. The number of carbonyl (C=O) groups is 1. The van der Waals surface area contributed by atoms with Crippen LogP contribution in [0.4, 0.5) is 11.8 Å². The number of amides is 1. The predicted molar refractivity (Wildman–Crippen MR) is 94.9 cm³/mol. The highest BCUT2D eigenvalue weighted by atomic mass is 35.5. The Morgan fingerprint density at radius 3 is 2.76 bits per heavy atom. The Bertz CT molecular complexity index is 863. The van der Waals surface area contributed by atoms with Gasteiger partial charge in [-0.2, -0.15) is 0 Å². The summed E-state index contributed by atoms with van der Waals surface area (Å²) >= 11 is 5.86. The van der Waals surface area contributed by atoms with Crippen LogP contribution in [0.5, 0.6) is 0 Å². The minimum Gasteiger partial charge on any atom is -0.360 e. The molecule has 128 valence electrons. The number of hydrogen-bond donors (Lipinski definition) is 2. The SMILES string of the molecule is Cc1cc(NC(=O)c2ccnc(NCCc3ccc(Cl)cc3)n2)no1. The third kappa shape index (κ3) is 4.77. The number of halogens is 1. The van der Waals surface area contributed by atoms with Crippen LogP contribution >= 0.6 is 11.6 Å². The summed E-state index contributed by atoms with van der Waals surface area (Å²) < 4.78 is 4.91. The van der Waals surface area contributed by atoms with Gasteiger partial charge in [0.1, 0.15) is 11.5 Å². The summed E-state index contributed by atoms with van der Waals surface area (Å²) in [4.78, 5) is 20.5. The average Bonchev–Trinajstić information content (AvgIpc) is 3.02. The Hall–Kier alpha value is -2.93. The van der Waals surface area contributed by atoms with E-state index in [1.165, 1.54) is 12.3 Å². The molecule has 0 saturated carbocycles. The predicted octanol–water partition coefficient (Wildman–Crippen LogP) is 3.33. The summed E-state index contributed by atoms with van der Waals surface area (Å²) in [5, 5.41) is 10.1. The first-order chi connectivity index (χ1) is 12.1. The summed E-state index contributed by atoms with van der Waals surface area (Å²) in [6.07, 6.45) is 2.32. The van der Waals surface area contributed by atoms with Crippen LogP contribution < -0.4 is 10.6 Å². The first kappa shape index (κ1) is 16.9. The van der Waals surface area contributed by atoms with E-state index in [0.29, 0.717) is 29.1 Å². The van der Waals surface area contributed by atoms with Crippen molar-refractivity contribution in [3.05, 3.63) is 64.6 Å². The number of nitrogens with one attached hydrogen (secondary N) is 2. The van der Waals surface area contributed by atoms with Gasteiger partial charge in [-0.3, -0.25) is 4.79 Å². The molecule has 1 amide bonds. The number of carbonyl (C=O) groups excluding carboxylic acids is 1. The van der Waals surface area contributed by atoms with E-state index in [0.717, 1.165) is 12.0 Å². The van der Waals surface area contributed by atoms with Crippen molar-refractivity contribution in [2.24, 2.45) is 0 Å². The second-order valence-electron chi connectivity index (χ2n) is 5.35. The maximum absolute atomic E-state index is 12.2. The number of nitrogens with zero attached hydrogens (tertiary/aromatic N) is 3. The number of rotatable bonds is 6. The number of hydrogen-bond acceptors (Lipinski definition) is 6. The first-order valence-electron chi connectivity index (χ1n) is 7.66. The molecular weight excluding hydrogens is 342 g/mol. The molecule has 8 heteroatoms. The molecule has 0 unspecified atom stereocenters. The third-order valence-corrected chi connectivity index (χ3v) is 3.62. The first-order valence-corrected chi connectivity index (χ1v) is 8.04. The van der Waals surface area contributed by atoms with Crippen LogP contribution in [-0.2, 0) is 6.42 Å². The molecular formula is C17H16ClN5O2. The lowest BCUT2D eigenvalue weighted by Crippen LogP contribution is -2.16. The van der Waals surface area contributed by atoms with Crippen LogP contribution in [0.15, 0.2) is 47.1 Å². The minimum atomic E-state index is -0.378. The molecule has 7 nitrogen and oxygen atoms in total. The Morgan fingerprint density at radius 2 is 2.04 bits per heavy atom. The van der Waals surface area contributed by atoms with Crippen LogP contribution in [0.1, 0.15) is 21.8 Å². The van der Waals surface area contributed by atoms with Crippen molar-refractivity contribution >= 4 is 29.3 Å². The van der Waals surface area contributed by atoms with E-state index < -0.39 is 0 Å². The molecule has 0 radical (unpaired) electrons. The maximum Gasteiger partial charge on any atom is 0.275 e. The van der Waals surface area contributed by atoms with E-state index in [9.17, 15) is 4.79 Å². The largest absolute Gasteiger partial charge is 0.360 e. The normalized spacial score (nSPS) is 10.5. The van der Waals surface area contributed by atoms with E-state index in [2.05, 4.69) is 25.8 Å². The molecule has 2 aromatic heterocycles. The van der Waals surface area contributed by atoms with Crippen molar-refractivity contribution in [1.82, 2.24) is 15.1 Å². The number of benzene rings is 1. The van der Waals surface area contributed by atoms with Crippen molar-refractivity contribution in [3.63, 3.8) is 0 Å². The molecule has 0 saturated heterocycles. The van der Waals surface area contributed by atoms with Gasteiger partial charge in [-0.25, -0.2) is 9.97 Å². The molecule has 0 aliphatic rings. The van der Waals surface area contributed by atoms with Gasteiger partial charge in [-0.05, 0) is 37.1 Å². The van der Waals surface area contributed by atoms with E-state index in [1.807, 2.05) is 24.3 Å². The fourth-order valence-corrected chi connectivity index (χ4v) is 2.27. The molecule has 2 N–H and O–H groups in total. The van der Waals surface area contributed by atoms with E-state index >= 15 is 0 Å². The summed E-state index contributed by atoms with van der Waals surface area (Å²) in [7, 11) is 0. The lowest BCUT2D eigenvalue weighted by atomic mass is 10.1. The van der Waals surface area contributed by atoms with Gasteiger partial charge < -0.3 is 15.2 Å². The molecule has 3 rings (SSSR count). The van der Waals surface area contributed by atoms with E-state index in [1.54, 1.807) is 13.0 Å². The zero-order chi connectivity index (χ0) is 17.6. The Labute approximate surface area is 149 Å². The second kappa shape index (κ2) is 7.76. The second-order valence-corrected chi connectivity index (χ2v) is 5.78. The summed E-state index contributed by atoms with van der Waals surface area (Å²) in [6.45, 7) is 2.38. The fraction of sp³-hybridized carbons (Fsp3) is 0.176. The van der Waals surface area contributed by atoms with Crippen molar-refractivity contribution in [2.75, 3.05) is 17.2 Å². The average molecular weight is 358 g/mol. The Morgan fingerprint density at radius 1 is 1.24 bits per heavy atom. The lowest BCUT2D eigenvalue weighted by molar-refractivity contribution is 0.102. The molecule has 0 atom stereocenters. The van der Waals surface area contributed by atoms with Crippen LogP contribution in [-0.4, -0.2) is 27.6 Å². The quantitative estimate of drug-likeness (QED) is 0.702. The van der Waals surface area contributed by atoms with Gasteiger partial charge in [-0.15, -0.1) is 0 Å². The van der Waals surface area contributed by atoms with Gasteiger partial charge in [-0.1, -0.05) is 28.9 Å². The van der Waals surface area contributed by atoms with Crippen molar-refractivity contribution in [1.29, 1.82) is 0 Å². The molecule has 25 heavy (non-hydrogen) atoms.